The number of amides is 1. The SMILES string of the molecule is C=N/C=C(\N=C(C)c1cccc(C=O)c1)C(=O)NC1=CC=CCC=C1. The van der Waals surface area contributed by atoms with Gasteiger partial charge in [-0.3, -0.25) is 14.6 Å². The fourth-order valence-electron chi connectivity index (χ4n) is 2.16. The van der Waals surface area contributed by atoms with Crippen molar-refractivity contribution in [3.63, 3.8) is 0 Å². The Hall–Kier alpha value is -3.34. The normalized spacial score (nSPS) is 14.5. The molecule has 1 aromatic carbocycles. The number of hydrogen-bond donors (Lipinski definition) is 1. The number of carbonyl (C=O) groups excluding carboxylic acids is 2. The Morgan fingerprint density at radius 3 is 2.92 bits per heavy atom. The average molecular weight is 333 g/mol. The largest absolute Gasteiger partial charge is 0.321 e. The van der Waals surface area contributed by atoms with Crippen molar-refractivity contribution < 1.29 is 9.59 Å². The molecule has 0 saturated carbocycles. The topological polar surface area (TPSA) is 70.9 Å². The van der Waals surface area contributed by atoms with E-state index in [9.17, 15) is 9.59 Å². The maximum absolute atomic E-state index is 12.5. The van der Waals surface area contributed by atoms with Gasteiger partial charge in [0.1, 0.15) is 12.0 Å². The molecule has 25 heavy (non-hydrogen) atoms. The Kier molecular flexibility index (Phi) is 6.54. The van der Waals surface area contributed by atoms with E-state index in [1.54, 1.807) is 25.1 Å². The summed E-state index contributed by atoms with van der Waals surface area (Å²) in [5, 5.41) is 2.79. The fraction of sp³-hybridized carbons (Fsp3) is 0.100. The van der Waals surface area contributed by atoms with Crippen molar-refractivity contribution in [2.75, 3.05) is 0 Å². The highest BCUT2D eigenvalue weighted by Gasteiger charge is 2.11. The Labute approximate surface area is 146 Å². The molecule has 0 aliphatic heterocycles. The number of nitrogens with one attached hydrogen (secondary N) is 1. The fourth-order valence-corrected chi connectivity index (χ4v) is 2.16. The van der Waals surface area contributed by atoms with Crippen molar-refractivity contribution in [2.45, 2.75) is 13.3 Å². The van der Waals surface area contributed by atoms with E-state index >= 15 is 0 Å². The predicted octanol–water partition coefficient (Wildman–Crippen LogP) is 3.37. The molecule has 5 nitrogen and oxygen atoms in total. The van der Waals surface area contributed by atoms with E-state index in [1.165, 1.54) is 6.20 Å². The van der Waals surface area contributed by atoms with Gasteiger partial charge in [0, 0.05) is 17.0 Å². The van der Waals surface area contributed by atoms with Gasteiger partial charge >= 0.3 is 0 Å². The molecule has 0 aromatic heterocycles. The van der Waals surface area contributed by atoms with Crippen LogP contribution in [0, 0.1) is 0 Å². The summed E-state index contributed by atoms with van der Waals surface area (Å²) in [6.07, 6.45) is 12.3. The van der Waals surface area contributed by atoms with Crippen LogP contribution in [-0.2, 0) is 4.79 Å². The van der Waals surface area contributed by atoms with E-state index in [0.29, 0.717) is 17.0 Å². The summed E-state index contributed by atoms with van der Waals surface area (Å²) in [7, 11) is 0. The number of benzene rings is 1. The number of hydrogen-bond acceptors (Lipinski definition) is 4. The summed E-state index contributed by atoms with van der Waals surface area (Å²) in [4.78, 5) is 31.4. The monoisotopic (exact) mass is 333 g/mol. The number of nitrogens with zero attached hydrogens (tertiary/aromatic N) is 2. The molecule has 2 rings (SSSR count). The first-order chi connectivity index (χ1) is 12.1. The van der Waals surface area contributed by atoms with Gasteiger partial charge in [0.25, 0.3) is 5.91 Å². The van der Waals surface area contributed by atoms with Crippen LogP contribution in [0.5, 0.6) is 0 Å². The lowest BCUT2D eigenvalue weighted by molar-refractivity contribution is -0.116. The third-order valence-electron chi connectivity index (χ3n) is 3.41. The summed E-state index contributed by atoms with van der Waals surface area (Å²) in [6, 6.07) is 7.01. The number of rotatable bonds is 6. The molecule has 0 unspecified atom stereocenters. The van der Waals surface area contributed by atoms with Crippen LogP contribution in [0.2, 0.25) is 0 Å². The van der Waals surface area contributed by atoms with Crippen molar-refractivity contribution >= 4 is 24.6 Å². The molecule has 1 amide bonds. The Morgan fingerprint density at radius 2 is 2.16 bits per heavy atom. The van der Waals surface area contributed by atoms with Crippen LogP contribution in [0.15, 0.2) is 82.2 Å². The zero-order valence-corrected chi connectivity index (χ0v) is 14.0. The highest BCUT2D eigenvalue weighted by molar-refractivity contribution is 6.04. The molecule has 0 spiro atoms. The summed E-state index contributed by atoms with van der Waals surface area (Å²) in [6.45, 7) is 5.16. The molecular weight excluding hydrogens is 314 g/mol. The highest BCUT2D eigenvalue weighted by Crippen LogP contribution is 2.10. The van der Waals surface area contributed by atoms with Crippen molar-refractivity contribution in [1.82, 2.24) is 5.32 Å². The van der Waals surface area contributed by atoms with Gasteiger partial charge in [-0.15, -0.1) is 0 Å². The molecule has 0 fully saturated rings. The number of allylic oxidation sites excluding steroid dienone is 5. The van der Waals surface area contributed by atoms with E-state index in [2.05, 4.69) is 22.0 Å². The molecule has 0 radical (unpaired) electrons. The van der Waals surface area contributed by atoms with Crippen molar-refractivity contribution in [2.24, 2.45) is 9.98 Å². The molecule has 126 valence electrons. The average Bonchev–Trinajstić information content (AvgIpc) is 2.90. The zero-order valence-electron chi connectivity index (χ0n) is 14.0. The van der Waals surface area contributed by atoms with Gasteiger partial charge < -0.3 is 5.32 Å². The van der Waals surface area contributed by atoms with Crippen LogP contribution in [0.25, 0.3) is 0 Å². The van der Waals surface area contributed by atoms with Crippen LogP contribution in [0.4, 0.5) is 0 Å². The lowest BCUT2D eigenvalue weighted by Crippen LogP contribution is -2.23. The molecule has 1 aromatic rings. The molecule has 1 N–H and O–H groups in total. The Morgan fingerprint density at radius 1 is 1.32 bits per heavy atom. The second-order valence-electron chi connectivity index (χ2n) is 5.28. The highest BCUT2D eigenvalue weighted by atomic mass is 16.2. The summed E-state index contributed by atoms with van der Waals surface area (Å²) in [5.74, 6) is -0.385. The second kappa shape index (κ2) is 9.08. The maximum atomic E-state index is 12.5. The van der Waals surface area contributed by atoms with Gasteiger partial charge in [0.15, 0.2) is 0 Å². The minimum atomic E-state index is -0.385. The molecule has 0 saturated heterocycles. The van der Waals surface area contributed by atoms with Crippen molar-refractivity contribution in [1.29, 1.82) is 0 Å². The predicted molar refractivity (Wildman–Crippen MR) is 101 cm³/mol. The summed E-state index contributed by atoms with van der Waals surface area (Å²) in [5.41, 5.74) is 2.70. The quantitative estimate of drug-likeness (QED) is 0.492. The number of aldehydes is 1. The lowest BCUT2D eigenvalue weighted by atomic mass is 10.1. The van der Waals surface area contributed by atoms with Crippen LogP contribution < -0.4 is 5.32 Å². The van der Waals surface area contributed by atoms with Gasteiger partial charge in [-0.25, -0.2) is 4.99 Å². The molecule has 1 aliphatic carbocycles. The summed E-state index contributed by atoms with van der Waals surface area (Å²) < 4.78 is 0. The molecule has 0 heterocycles. The van der Waals surface area contributed by atoms with Gasteiger partial charge in [0.05, 0.1) is 6.20 Å². The van der Waals surface area contributed by atoms with E-state index in [0.717, 1.165) is 18.3 Å². The van der Waals surface area contributed by atoms with Crippen LogP contribution in [0.3, 0.4) is 0 Å². The Bertz CT molecular complexity index is 827. The van der Waals surface area contributed by atoms with Crippen LogP contribution in [-0.4, -0.2) is 24.6 Å². The van der Waals surface area contributed by atoms with Crippen molar-refractivity contribution in [3.05, 3.63) is 83.4 Å². The number of aliphatic imine (C=N–C) groups is 2. The first-order valence-electron chi connectivity index (χ1n) is 7.75. The standard InChI is InChI=1S/C20H19N3O2/c1-15(17-9-7-8-16(12-17)14-24)22-19(13-21-2)20(25)23-18-10-5-3-4-6-11-18/h3,5-14H,2,4H2,1H3,(H,23,25)/b19-13-,22-15?. The van der Waals surface area contributed by atoms with E-state index in [4.69, 9.17) is 0 Å². The first-order valence-corrected chi connectivity index (χ1v) is 7.75. The van der Waals surface area contributed by atoms with Crippen LogP contribution in [0.1, 0.15) is 29.3 Å². The molecule has 5 heteroatoms. The first kappa shape index (κ1) is 18.0. The molecule has 0 bridgehead atoms. The number of carbonyl (C=O) groups is 2. The molecular formula is C20H19N3O2. The molecule has 1 aliphatic rings. The maximum Gasteiger partial charge on any atom is 0.275 e. The Balaban J connectivity index is 2.24. The third-order valence-corrected chi connectivity index (χ3v) is 3.41. The smallest absolute Gasteiger partial charge is 0.275 e. The third kappa shape index (κ3) is 5.35. The van der Waals surface area contributed by atoms with Gasteiger partial charge in [0.2, 0.25) is 0 Å². The van der Waals surface area contributed by atoms with Gasteiger partial charge in [-0.05, 0) is 43.8 Å². The lowest BCUT2D eigenvalue weighted by Gasteiger charge is -2.07. The van der Waals surface area contributed by atoms with Gasteiger partial charge in [-0.1, -0.05) is 36.4 Å². The van der Waals surface area contributed by atoms with Gasteiger partial charge in [-0.2, -0.15) is 0 Å². The van der Waals surface area contributed by atoms with Crippen molar-refractivity contribution in [3.8, 4) is 0 Å². The van der Waals surface area contributed by atoms with E-state index in [-0.39, 0.29) is 11.6 Å². The van der Waals surface area contributed by atoms with E-state index in [1.807, 2.05) is 36.4 Å². The minimum absolute atomic E-state index is 0.131. The zero-order chi connectivity index (χ0) is 18.1. The summed E-state index contributed by atoms with van der Waals surface area (Å²) >= 11 is 0. The second-order valence-corrected chi connectivity index (χ2v) is 5.28. The van der Waals surface area contributed by atoms with Crippen LogP contribution >= 0.6 is 0 Å². The molecule has 0 atom stereocenters. The van der Waals surface area contributed by atoms with E-state index < -0.39 is 0 Å². The minimum Gasteiger partial charge on any atom is -0.321 e.